The zero-order chi connectivity index (χ0) is 16.6. The van der Waals surface area contributed by atoms with Crippen LogP contribution in [0.15, 0.2) is 35.0 Å². The molecule has 0 spiro atoms. The minimum Gasteiger partial charge on any atom is -0.460 e. The molecule has 1 atom stereocenters. The molecule has 0 saturated carbocycles. The van der Waals surface area contributed by atoms with Crippen LogP contribution in [0.5, 0.6) is 0 Å². The van der Waals surface area contributed by atoms with Crippen LogP contribution in [-0.4, -0.2) is 17.3 Å². The van der Waals surface area contributed by atoms with Gasteiger partial charge in [-0.05, 0) is 54.7 Å². The lowest BCUT2D eigenvalue weighted by Crippen LogP contribution is -2.36. The third-order valence-electron chi connectivity index (χ3n) is 5.66. The van der Waals surface area contributed by atoms with Gasteiger partial charge in [0.2, 0.25) is 5.78 Å². The first-order valence-corrected chi connectivity index (χ1v) is 8.11. The lowest BCUT2D eigenvalue weighted by Gasteiger charge is -2.39. The Hall–Kier alpha value is -2.75. The molecule has 2 aromatic rings. The van der Waals surface area contributed by atoms with Crippen LogP contribution in [0.25, 0.3) is 0 Å². The Bertz CT molecular complexity index is 1000. The molecule has 118 valence electrons. The van der Waals surface area contributed by atoms with Gasteiger partial charge in [-0.15, -0.1) is 0 Å². The molecule has 0 radical (unpaired) electrons. The van der Waals surface area contributed by atoms with Gasteiger partial charge >= 0.3 is 0 Å². The number of hydrogen-bond acceptors (Lipinski definition) is 4. The molecule has 4 heteroatoms. The second-order valence-corrected chi connectivity index (χ2v) is 6.99. The number of carbonyl (C=O) groups is 3. The highest BCUT2D eigenvalue weighted by atomic mass is 16.3. The third-order valence-corrected chi connectivity index (χ3v) is 5.66. The minimum absolute atomic E-state index is 0.183. The van der Waals surface area contributed by atoms with Crippen molar-refractivity contribution in [2.45, 2.75) is 31.6 Å². The summed E-state index contributed by atoms with van der Waals surface area (Å²) in [5.74, 6) is -0.217. The first-order valence-electron chi connectivity index (χ1n) is 8.11. The van der Waals surface area contributed by atoms with Gasteiger partial charge in [0, 0.05) is 27.7 Å². The fourth-order valence-corrected chi connectivity index (χ4v) is 4.48. The Labute approximate surface area is 138 Å². The summed E-state index contributed by atoms with van der Waals surface area (Å²) in [7, 11) is 0. The summed E-state index contributed by atoms with van der Waals surface area (Å²) in [5, 5.41) is 0. The van der Waals surface area contributed by atoms with Gasteiger partial charge in [-0.25, -0.2) is 0 Å². The molecule has 1 aromatic carbocycles. The lowest BCUT2D eigenvalue weighted by molar-refractivity contribution is 0.0986. The maximum Gasteiger partial charge on any atom is 0.228 e. The quantitative estimate of drug-likeness (QED) is 0.747. The third kappa shape index (κ3) is 1.46. The van der Waals surface area contributed by atoms with Gasteiger partial charge in [-0.2, -0.15) is 0 Å². The Kier molecular flexibility index (Phi) is 2.39. The van der Waals surface area contributed by atoms with E-state index >= 15 is 0 Å². The molecule has 0 N–H and O–H groups in total. The maximum atomic E-state index is 12.9. The number of hydrogen-bond donors (Lipinski definition) is 0. The molecule has 0 amide bonds. The maximum absolute atomic E-state index is 12.9. The summed E-state index contributed by atoms with van der Waals surface area (Å²) in [5.41, 5.74) is 3.74. The van der Waals surface area contributed by atoms with Crippen molar-refractivity contribution in [1.82, 2.24) is 0 Å². The fourth-order valence-electron chi connectivity index (χ4n) is 4.48. The van der Waals surface area contributed by atoms with Gasteiger partial charge in [0.1, 0.15) is 0 Å². The van der Waals surface area contributed by atoms with E-state index in [0.29, 0.717) is 22.5 Å². The normalized spacial score (nSPS) is 23.8. The second-order valence-electron chi connectivity index (χ2n) is 6.99. The van der Waals surface area contributed by atoms with Crippen molar-refractivity contribution in [2.24, 2.45) is 0 Å². The molecular weight excluding hydrogens is 304 g/mol. The molecule has 1 aromatic heterocycles. The number of carbonyl (C=O) groups excluding carboxylic acids is 3. The highest BCUT2D eigenvalue weighted by Crippen LogP contribution is 2.50. The Balaban J connectivity index is 1.86. The van der Waals surface area contributed by atoms with E-state index in [1.807, 2.05) is 0 Å². The number of furan rings is 1. The monoisotopic (exact) mass is 318 g/mol. The minimum atomic E-state index is -0.349. The number of allylic oxidation sites excluding steroid dienone is 2. The van der Waals surface area contributed by atoms with Crippen LogP contribution in [-0.2, 0) is 11.8 Å². The van der Waals surface area contributed by atoms with Crippen molar-refractivity contribution >= 4 is 17.3 Å². The van der Waals surface area contributed by atoms with Gasteiger partial charge in [-0.3, -0.25) is 14.4 Å². The highest BCUT2D eigenvalue weighted by molar-refractivity contribution is 6.23. The van der Waals surface area contributed by atoms with Gasteiger partial charge in [0.05, 0.1) is 6.26 Å². The van der Waals surface area contributed by atoms with Crippen LogP contribution in [0.4, 0.5) is 0 Å². The Morgan fingerprint density at radius 1 is 1.00 bits per heavy atom. The predicted octanol–water partition coefficient (Wildman–Crippen LogP) is 3.40. The summed E-state index contributed by atoms with van der Waals surface area (Å²) in [6.45, 7) is 2.10. The molecule has 4 nitrogen and oxygen atoms in total. The summed E-state index contributed by atoms with van der Waals surface area (Å²) in [6, 6.07) is 3.35. The summed E-state index contributed by atoms with van der Waals surface area (Å²) in [4.78, 5) is 37.3. The zero-order valence-electron chi connectivity index (χ0n) is 13.1. The fraction of sp³-hybridized carbons (Fsp3) is 0.250. The number of fused-ring (bicyclic) bond motifs is 3. The summed E-state index contributed by atoms with van der Waals surface area (Å²) in [6.07, 6.45) is 7.05. The van der Waals surface area contributed by atoms with Crippen molar-refractivity contribution in [2.75, 3.05) is 0 Å². The molecule has 24 heavy (non-hydrogen) atoms. The predicted molar refractivity (Wildman–Crippen MR) is 85.8 cm³/mol. The van der Waals surface area contributed by atoms with Gasteiger partial charge in [-0.1, -0.05) is 6.92 Å². The largest absolute Gasteiger partial charge is 0.460 e. The number of aryl methyl sites for hydroxylation is 1. The number of ketones is 3. The molecular formula is C20H14O4. The van der Waals surface area contributed by atoms with E-state index in [9.17, 15) is 14.4 Å². The van der Waals surface area contributed by atoms with Crippen LogP contribution in [0.2, 0.25) is 0 Å². The smallest absolute Gasteiger partial charge is 0.228 e. The molecule has 0 aliphatic heterocycles. The Morgan fingerprint density at radius 3 is 2.46 bits per heavy atom. The van der Waals surface area contributed by atoms with Crippen molar-refractivity contribution in [1.29, 1.82) is 0 Å². The number of benzene rings is 1. The topological polar surface area (TPSA) is 64.3 Å². The Morgan fingerprint density at radius 2 is 1.71 bits per heavy atom. The van der Waals surface area contributed by atoms with Crippen LogP contribution < -0.4 is 0 Å². The average molecular weight is 318 g/mol. The summed E-state index contributed by atoms with van der Waals surface area (Å²) >= 11 is 0. The van der Waals surface area contributed by atoms with E-state index < -0.39 is 0 Å². The standard InChI is InChI=1S/C20H14O4/c1-20-6-2-3-10-9-24-19(17(10)20)18(23)13-7-11-12(8-14(13)20)16(22)5-4-15(11)21/h4-5,7-9H,2-3,6H2,1H3. The molecule has 0 saturated heterocycles. The average Bonchev–Trinajstić information content (AvgIpc) is 3.02. The molecule has 0 fully saturated rings. The lowest BCUT2D eigenvalue weighted by atomic mass is 9.62. The van der Waals surface area contributed by atoms with E-state index in [-0.39, 0.29) is 22.8 Å². The zero-order valence-corrected chi connectivity index (χ0v) is 13.1. The molecule has 3 aliphatic rings. The van der Waals surface area contributed by atoms with Crippen LogP contribution in [0.1, 0.15) is 73.3 Å². The van der Waals surface area contributed by atoms with Crippen LogP contribution in [0, 0.1) is 0 Å². The second kappa shape index (κ2) is 4.20. The molecule has 5 rings (SSSR count). The first-order chi connectivity index (χ1) is 11.5. The van der Waals surface area contributed by atoms with E-state index in [1.165, 1.54) is 12.2 Å². The first kappa shape index (κ1) is 13.7. The van der Waals surface area contributed by atoms with E-state index in [2.05, 4.69) is 6.92 Å². The highest BCUT2D eigenvalue weighted by Gasteiger charge is 2.46. The molecule has 3 aliphatic carbocycles. The van der Waals surface area contributed by atoms with Crippen molar-refractivity contribution in [3.05, 3.63) is 69.7 Å². The molecule has 1 unspecified atom stereocenters. The van der Waals surface area contributed by atoms with E-state index in [4.69, 9.17) is 4.42 Å². The van der Waals surface area contributed by atoms with Crippen molar-refractivity contribution in [3.8, 4) is 0 Å². The van der Waals surface area contributed by atoms with Crippen molar-refractivity contribution < 1.29 is 18.8 Å². The van der Waals surface area contributed by atoms with E-state index in [0.717, 1.165) is 36.0 Å². The summed E-state index contributed by atoms with van der Waals surface area (Å²) < 4.78 is 5.60. The van der Waals surface area contributed by atoms with Crippen LogP contribution >= 0.6 is 0 Å². The van der Waals surface area contributed by atoms with Gasteiger partial charge in [0.15, 0.2) is 17.3 Å². The van der Waals surface area contributed by atoms with Crippen LogP contribution in [0.3, 0.4) is 0 Å². The van der Waals surface area contributed by atoms with Crippen molar-refractivity contribution in [3.63, 3.8) is 0 Å². The van der Waals surface area contributed by atoms with Gasteiger partial charge < -0.3 is 4.42 Å². The molecule has 0 bridgehead atoms. The van der Waals surface area contributed by atoms with E-state index in [1.54, 1.807) is 18.4 Å². The SMILES string of the molecule is CC12CCCc3coc(c31)C(=O)c1cc3c(cc12)C(=O)C=CC3=O. The number of rotatable bonds is 0. The van der Waals surface area contributed by atoms with Gasteiger partial charge in [0.25, 0.3) is 0 Å². The molecule has 1 heterocycles.